The van der Waals surface area contributed by atoms with Crippen LogP contribution in [0.4, 0.5) is 0 Å². The average molecular weight is 284 g/mol. The number of benzene rings is 1. The summed E-state index contributed by atoms with van der Waals surface area (Å²) in [5, 5.41) is 21.4. The molecule has 0 aliphatic heterocycles. The van der Waals surface area contributed by atoms with E-state index in [0.29, 0.717) is 6.21 Å². The Kier molecular flexibility index (Phi) is 4.31. The quantitative estimate of drug-likeness (QED) is 0.375. The molecular formula is C12H16N2O4S. The van der Waals surface area contributed by atoms with Gasteiger partial charge < -0.3 is 10.4 Å². The minimum Gasteiger partial charge on any atom is -0.411 e. The van der Waals surface area contributed by atoms with Gasteiger partial charge in [-0.2, -0.15) is 0 Å². The average Bonchev–Trinajstić information content (AvgIpc) is 2.34. The van der Waals surface area contributed by atoms with Crippen LogP contribution in [0.2, 0.25) is 0 Å². The summed E-state index contributed by atoms with van der Waals surface area (Å²) in [5.74, 6) is 0. The number of oxime groups is 2. The van der Waals surface area contributed by atoms with Gasteiger partial charge in [0.25, 0.3) is 0 Å². The number of hydrogen-bond donors (Lipinski definition) is 2. The zero-order valence-electron chi connectivity index (χ0n) is 10.9. The van der Waals surface area contributed by atoms with Gasteiger partial charge in [-0.1, -0.05) is 43.2 Å². The molecule has 1 rings (SSSR count). The van der Waals surface area contributed by atoms with Gasteiger partial charge in [-0.25, -0.2) is 8.42 Å². The van der Waals surface area contributed by atoms with Crippen molar-refractivity contribution in [2.24, 2.45) is 10.3 Å². The number of rotatable bonds is 2. The third kappa shape index (κ3) is 3.31. The molecule has 7 heteroatoms. The summed E-state index contributed by atoms with van der Waals surface area (Å²) >= 11 is 0. The van der Waals surface area contributed by atoms with Crippen LogP contribution in [0.25, 0.3) is 0 Å². The lowest BCUT2D eigenvalue weighted by atomic mass is 9.87. The predicted molar refractivity (Wildman–Crippen MR) is 71.8 cm³/mol. The van der Waals surface area contributed by atoms with Gasteiger partial charge in [0, 0.05) is 0 Å². The van der Waals surface area contributed by atoms with E-state index in [1.54, 1.807) is 12.1 Å². The van der Waals surface area contributed by atoms with Crippen molar-refractivity contribution in [1.82, 2.24) is 0 Å². The van der Waals surface area contributed by atoms with Crippen LogP contribution >= 0.6 is 0 Å². The van der Waals surface area contributed by atoms with E-state index in [-0.39, 0.29) is 10.3 Å². The molecule has 0 aliphatic carbocycles. The minimum atomic E-state index is -3.98. The lowest BCUT2D eigenvalue weighted by Crippen LogP contribution is -2.17. The zero-order chi connectivity index (χ0) is 14.7. The minimum absolute atomic E-state index is 0.0341. The molecule has 0 fully saturated rings. The van der Waals surface area contributed by atoms with E-state index in [0.717, 1.165) is 5.56 Å². The van der Waals surface area contributed by atoms with Crippen molar-refractivity contribution in [3.8, 4) is 0 Å². The van der Waals surface area contributed by atoms with E-state index in [4.69, 9.17) is 10.4 Å². The fourth-order valence-electron chi connectivity index (χ4n) is 1.45. The molecule has 0 spiro atoms. The smallest absolute Gasteiger partial charge is 0.228 e. The highest BCUT2D eigenvalue weighted by Crippen LogP contribution is 2.23. The van der Waals surface area contributed by atoms with E-state index in [1.165, 1.54) is 12.1 Å². The third-order valence-electron chi connectivity index (χ3n) is 2.57. The van der Waals surface area contributed by atoms with Crippen molar-refractivity contribution in [3.63, 3.8) is 0 Å². The molecule has 0 unspecified atom stereocenters. The molecule has 0 saturated heterocycles. The Hall–Kier alpha value is -1.89. The standard InChI is InChI=1S/C12H16N2O4S/c1-12(2,3)9-4-6-10(7-5-9)19(17,18)11(14-16)8-13-15/h4-8,15-16H,1-3H3. The van der Waals surface area contributed by atoms with E-state index in [2.05, 4.69) is 10.3 Å². The van der Waals surface area contributed by atoms with E-state index in [1.807, 2.05) is 20.8 Å². The highest BCUT2D eigenvalue weighted by atomic mass is 32.2. The van der Waals surface area contributed by atoms with Gasteiger partial charge in [0.05, 0.1) is 4.90 Å². The summed E-state index contributed by atoms with van der Waals surface area (Å²) < 4.78 is 24.0. The lowest BCUT2D eigenvalue weighted by Gasteiger charge is -2.19. The summed E-state index contributed by atoms with van der Waals surface area (Å²) in [6.07, 6.45) is 0.563. The Morgan fingerprint density at radius 3 is 2.05 bits per heavy atom. The Balaban J connectivity index is 3.25. The van der Waals surface area contributed by atoms with Crippen LogP contribution in [-0.2, 0) is 15.3 Å². The highest BCUT2D eigenvalue weighted by molar-refractivity contribution is 8.08. The van der Waals surface area contributed by atoms with Crippen LogP contribution in [0.5, 0.6) is 0 Å². The molecule has 0 aromatic heterocycles. The molecule has 1 aromatic carbocycles. The zero-order valence-corrected chi connectivity index (χ0v) is 11.7. The van der Waals surface area contributed by atoms with Crippen LogP contribution in [-0.4, -0.2) is 30.1 Å². The largest absolute Gasteiger partial charge is 0.411 e. The molecule has 0 heterocycles. The maximum atomic E-state index is 12.0. The van der Waals surface area contributed by atoms with E-state index >= 15 is 0 Å². The maximum Gasteiger partial charge on any atom is 0.228 e. The number of nitrogens with zero attached hydrogens (tertiary/aromatic N) is 2. The fourth-order valence-corrected chi connectivity index (χ4v) is 2.48. The second kappa shape index (κ2) is 5.40. The van der Waals surface area contributed by atoms with Gasteiger partial charge >= 0.3 is 0 Å². The molecule has 6 nitrogen and oxygen atoms in total. The second-order valence-electron chi connectivity index (χ2n) is 4.96. The molecule has 0 saturated carbocycles. The van der Waals surface area contributed by atoms with Crippen molar-refractivity contribution in [2.75, 3.05) is 0 Å². The monoisotopic (exact) mass is 284 g/mol. The SMILES string of the molecule is CC(C)(C)c1ccc(S(=O)(=O)C(C=NO)=NO)cc1. The molecule has 0 amide bonds. The molecule has 0 aliphatic rings. The van der Waals surface area contributed by atoms with Crippen molar-refractivity contribution >= 4 is 21.1 Å². The summed E-state index contributed by atoms with van der Waals surface area (Å²) in [6.45, 7) is 6.03. The van der Waals surface area contributed by atoms with Crippen LogP contribution in [0.15, 0.2) is 39.5 Å². The van der Waals surface area contributed by atoms with Gasteiger partial charge in [-0.3, -0.25) is 0 Å². The summed E-state index contributed by atoms with van der Waals surface area (Å²) in [4.78, 5) is -0.0341. The van der Waals surface area contributed by atoms with Gasteiger partial charge in [0.15, 0.2) is 0 Å². The first kappa shape index (κ1) is 15.2. The maximum absolute atomic E-state index is 12.0. The van der Waals surface area contributed by atoms with Crippen molar-refractivity contribution in [1.29, 1.82) is 0 Å². The van der Waals surface area contributed by atoms with Gasteiger partial charge in [-0.05, 0) is 23.1 Å². The summed E-state index contributed by atoms with van der Waals surface area (Å²) in [5.41, 5.74) is 0.882. The van der Waals surface area contributed by atoms with Crippen LogP contribution in [0.1, 0.15) is 26.3 Å². The van der Waals surface area contributed by atoms with Crippen LogP contribution in [0.3, 0.4) is 0 Å². The predicted octanol–water partition coefficient (Wildman–Crippen LogP) is 2.01. The number of hydrogen-bond acceptors (Lipinski definition) is 6. The molecular weight excluding hydrogens is 268 g/mol. The molecule has 104 valence electrons. The molecule has 2 N–H and O–H groups in total. The first-order valence-electron chi connectivity index (χ1n) is 5.48. The van der Waals surface area contributed by atoms with Crippen LogP contribution < -0.4 is 0 Å². The molecule has 19 heavy (non-hydrogen) atoms. The topological polar surface area (TPSA) is 99.3 Å². The van der Waals surface area contributed by atoms with Gasteiger partial charge in [-0.15, -0.1) is 0 Å². The summed E-state index contributed by atoms with van der Waals surface area (Å²) in [7, 11) is -3.98. The highest BCUT2D eigenvalue weighted by Gasteiger charge is 2.23. The van der Waals surface area contributed by atoms with Crippen LogP contribution in [0, 0.1) is 0 Å². The summed E-state index contributed by atoms with van der Waals surface area (Å²) in [6, 6.07) is 6.23. The molecule has 0 atom stereocenters. The Morgan fingerprint density at radius 1 is 1.16 bits per heavy atom. The second-order valence-corrected chi connectivity index (χ2v) is 6.86. The van der Waals surface area contributed by atoms with Gasteiger partial charge in [0.1, 0.15) is 6.21 Å². The van der Waals surface area contributed by atoms with Crippen molar-refractivity contribution in [2.45, 2.75) is 31.1 Å². The van der Waals surface area contributed by atoms with E-state index in [9.17, 15) is 8.42 Å². The van der Waals surface area contributed by atoms with E-state index < -0.39 is 14.9 Å². The first-order chi connectivity index (χ1) is 8.73. The van der Waals surface area contributed by atoms with Crippen molar-refractivity contribution in [3.05, 3.63) is 29.8 Å². The molecule has 0 bridgehead atoms. The third-order valence-corrected chi connectivity index (χ3v) is 4.20. The first-order valence-corrected chi connectivity index (χ1v) is 6.97. The number of sulfone groups is 1. The lowest BCUT2D eigenvalue weighted by molar-refractivity contribution is 0.316. The molecule has 1 aromatic rings. The molecule has 0 radical (unpaired) electrons. The normalized spacial score (nSPS) is 13.9. The Bertz CT molecular complexity index is 596. The van der Waals surface area contributed by atoms with Gasteiger partial charge in [0.2, 0.25) is 14.9 Å². The Labute approximate surface area is 112 Å². The Morgan fingerprint density at radius 2 is 1.68 bits per heavy atom. The van der Waals surface area contributed by atoms with Crippen molar-refractivity contribution < 1.29 is 18.8 Å². The fraction of sp³-hybridized carbons (Fsp3) is 0.333.